The van der Waals surface area contributed by atoms with Gasteiger partial charge in [0.05, 0.1) is 11.1 Å². The van der Waals surface area contributed by atoms with Gasteiger partial charge in [-0.25, -0.2) is 9.59 Å². The molecule has 0 aromatic carbocycles. The molecule has 1 aromatic rings. The minimum Gasteiger partial charge on any atom is -0.478 e. The second-order valence-corrected chi connectivity index (χ2v) is 6.94. The van der Waals surface area contributed by atoms with Crippen LogP contribution in [0.5, 0.6) is 0 Å². The van der Waals surface area contributed by atoms with Crippen molar-refractivity contribution in [1.29, 1.82) is 0 Å². The molecule has 2 aliphatic heterocycles. The van der Waals surface area contributed by atoms with Crippen LogP contribution in [0.15, 0.2) is 28.4 Å². The third-order valence-corrected chi connectivity index (χ3v) is 5.36. The first-order chi connectivity index (χ1) is 11.3. The van der Waals surface area contributed by atoms with Crippen LogP contribution in [-0.2, 0) is 9.59 Å². The number of carboxylic acid groups (broad SMARTS) is 2. The molecule has 9 heteroatoms. The van der Waals surface area contributed by atoms with Crippen LogP contribution in [0.1, 0.15) is 12.8 Å². The Bertz CT molecular complexity index is 708. The Hall–Kier alpha value is -2.00. The predicted molar refractivity (Wildman–Crippen MR) is 88.8 cm³/mol. The molecule has 1 aromatic heterocycles. The molecule has 0 aliphatic carbocycles. The largest absolute Gasteiger partial charge is 0.478 e. The molecule has 2 atom stereocenters. The molecule has 2 saturated heterocycles. The molecular weight excluding hydrogens is 380 g/mol. The Morgan fingerprint density at radius 3 is 2.71 bits per heavy atom. The lowest BCUT2D eigenvalue weighted by molar-refractivity contribution is -0.136. The van der Waals surface area contributed by atoms with E-state index in [4.69, 9.17) is 5.11 Å². The summed E-state index contributed by atoms with van der Waals surface area (Å²) in [6, 6.07) is 3.73. The molecule has 0 radical (unpaired) electrons. The summed E-state index contributed by atoms with van der Waals surface area (Å²) >= 11 is 3.24. The van der Waals surface area contributed by atoms with Crippen LogP contribution in [0.3, 0.4) is 0 Å². The van der Waals surface area contributed by atoms with Gasteiger partial charge in [-0.1, -0.05) is 0 Å². The monoisotopic (exact) mass is 396 g/mol. The Morgan fingerprint density at radius 2 is 2.12 bits per heavy atom. The number of halogens is 1. The lowest BCUT2D eigenvalue weighted by atomic mass is 9.85. The van der Waals surface area contributed by atoms with Gasteiger partial charge >= 0.3 is 11.9 Å². The number of likely N-dealkylation sites (N-methyl/N-ethyl adjacent to an activating group) is 1. The van der Waals surface area contributed by atoms with E-state index in [1.165, 1.54) is 0 Å². The van der Waals surface area contributed by atoms with Crippen molar-refractivity contribution < 1.29 is 19.8 Å². The highest BCUT2D eigenvalue weighted by molar-refractivity contribution is 9.10. The quantitative estimate of drug-likeness (QED) is 0.725. The molecule has 8 nitrogen and oxygen atoms in total. The van der Waals surface area contributed by atoms with Gasteiger partial charge in [0.1, 0.15) is 4.60 Å². The van der Waals surface area contributed by atoms with Crippen LogP contribution >= 0.6 is 15.9 Å². The molecule has 0 saturated carbocycles. The van der Waals surface area contributed by atoms with Crippen molar-refractivity contribution in [2.75, 3.05) is 25.0 Å². The van der Waals surface area contributed by atoms with E-state index in [0.717, 1.165) is 12.5 Å². The molecule has 0 amide bonds. The first kappa shape index (κ1) is 16.8. The molecule has 3 heterocycles. The van der Waals surface area contributed by atoms with Gasteiger partial charge in [0.15, 0.2) is 5.82 Å². The minimum absolute atomic E-state index is 0.0882. The Labute approximate surface area is 146 Å². The average molecular weight is 397 g/mol. The fourth-order valence-electron chi connectivity index (χ4n) is 3.74. The summed E-state index contributed by atoms with van der Waals surface area (Å²) in [5.41, 5.74) is -0.934. The van der Waals surface area contributed by atoms with Gasteiger partial charge in [0.2, 0.25) is 0 Å². The number of aliphatic carboxylic acids is 2. The zero-order valence-corrected chi connectivity index (χ0v) is 14.6. The number of rotatable bonds is 4. The zero-order chi connectivity index (χ0) is 17.5. The summed E-state index contributed by atoms with van der Waals surface area (Å²) in [7, 11) is 1.86. The zero-order valence-electron chi connectivity index (χ0n) is 13.0. The summed E-state index contributed by atoms with van der Waals surface area (Å²) < 4.78 is 0.620. The van der Waals surface area contributed by atoms with Crippen molar-refractivity contribution in [3.8, 4) is 0 Å². The molecule has 2 aliphatic rings. The number of hydrogen-bond donors (Lipinski definition) is 2. The maximum Gasteiger partial charge on any atom is 0.333 e. The summed E-state index contributed by atoms with van der Waals surface area (Å²) in [5, 5.41) is 26.8. The summed E-state index contributed by atoms with van der Waals surface area (Å²) in [5.74, 6) is -1.80. The number of hydrogen-bond acceptors (Lipinski definition) is 6. The summed E-state index contributed by atoms with van der Waals surface area (Å²) in [6.45, 7) is 1.07. The van der Waals surface area contributed by atoms with Gasteiger partial charge in [-0.2, -0.15) is 0 Å². The van der Waals surface area contributed by atoms with Gasteiger partial charge in [-0.05, 0) is 48.0 Å². The normalized spacial score (nSPS) is 27.3. The van der Waals surface area contributed by atoms with Crippen LogP contribution in [0.25, 0.3) is 0 Å². The number of aromatic nitrogens is 2. The highest BCUT2D eigenvalue weighted by Gasteiger charge is 2.53. The predicted octanol–water partition coefficient (Wildman–Crippen LogP) is 0.988. The third kappa shape index (κ3) is 2.78. The lowest BCUT2D eigenvalue weighted by Crippen LogP contribution is -2.62. The van der Waals surface area contributed by atoms with Crippen molar-refractivity contribution in [3.63, 3.8) is 0 Å². The van der Waals surface area contributed by atoms with Crippen LogP contribution in [0, 0.1) is 0 Å². The van der Waals surface area contributed by atoms with Crippen LogP contribution < -0.4 is 4.90 Å². The Balaban J connectivity index is 2.00. The van der Waals surface area contributed by atoms with Gasteiger partial charge in [-0.15, -0.1) is 10.2 Å². The van der Waals surface area contributed by atoms with Crippen molar-refractivity contribution in [2.24, 2.45) is 0 Å². The smallest absolute Gasteiger partial charge is 0.333 e. The maximum absolute atomic E-state index is 11.7. The lowest BCUT2D eigenvalue weighted by Gasteiger charge is -2.47. The Kier molecular flexibility index (Phi) is 4.31. The fourth-order valence-corrected chi connectivity index (χ4v) is 3.96. The number of anilines is 1. The van der Waals surface area contributed by atoms with Crippen molar-refractivity contribution in [2.45, 2.75) is 24.4 Å². The first-order valence-electron chi connectivity index (χ1n) is 7.49. The van der Waals surface area contributed by atoms with E-state index in [0.29, 0.717) is 29.9 Å². The summed E-state index contributed by atoms with van der Waals surface area (Å²) in [4.78, 5) is 26.8. The number of carboxylic acids is 2. The van der Waals surface area contributed by atoms with Crippen molar-refractivity contribution in [1.82, 2.24) is 15.1 Å². The molecule has 2 bridgehead atoms. The average Bonchev–Trinajstić information content (AvgIpc) is 2.72. The third-order valence-electron chi connectivity index (χ3n) is 4.94. The first-order valence-corrected chi connectivity index (χ1v) is 8.28. The molecule has 2 unspecified atom stereocenters. The minimum atomic E-state index is -1.25. The second-order valence-electron chi connectivity index (χ2n) is 6.13. The fraction of sp³-hybridized carbons (Fsp3) is 0.467. The van der Waals surface area contributed by atoms with Crippen LogP contribution in [0.2, 0.25) is 0 Å². The summed E-state index contributed by atoms with van der Waals surface area (Å²) in [6.07, 6.45) is 2.22. The van der Waals surface area contributed by atoms with E-state index >= 15 is 0 Å². The number of piperazine rings is 1. The SMILES string of the molecule is CN1C2CCC1(C(=CC(=O)O)C(=O)O)CN(c1ccc(Br)nn1)C2. The molecule has 3 rings (SSSR count). The van der Waals surface area contributed by atoms with E-state index in [-0.39, 0.29) is 11.6 Å². The number of fused-ring (bicyclic) bond motifs is 2. The number of nitrogens with zero attached hydrogens (tertiary/aromatic N) is 4. The molecular formula is C15H17BrN4O4. The van der Waals surface area contributed by atoms with Crippen molar-refractivity contribution in [3.05, 3.63) is 28.4 Å². The highest BCUT2D eigenvalue weighted by Crippen LogP contribution is 2.43. The van der Waals surface area contributed by atoms with E-state index in [9.17, 15) is 14.7 Å². The maximum atomic E-state index is 11.7. The Morgan fingerprint density at radius 1 is 1.38 bits per heavy atom. The highest BCUT2D eigenvalue weighted by atomic mass is 79.9. The van der Waals surface area contributed by atoms with Crippen LogP contribution in [-0.4, -0.2) is 69.0 Å². The van der Waals surface area contributed by atoms with Crippen molar-refractivity contribution >= 4 is 33.7 Å². The second kappa shape index (κ2) is 6.14. The molecule has 0 spiro atoms. The van der Waals surface area contributed by atoms with E-state index < -0.39 is 17.5 Å². The molecule has 2 N–H and O–H groups in total. The molecule has 2 fully saturated rings. The van der Waals surface area contributed by atoms with E-state index in [1.807, 2.05) is 22.9 Å². The molecule has 128 valence electrons. The van der Waals surface area contributed by atoms with Gasteiger partial charge in [-0.3, -0.25) is 4.90 Å². The van der Waals surface area contributed by atoms with Gasteiger partial charge < -0.3 is 15.1 Å². The topological polar surface area (TPSA) is 107 Å². The van der Waals surface area contributed by atoms with Crippen LogP contribution in [0.4, 0.5) is 5.82 Å². The van der Waals surface area contributed by atoms with E-state index in [1.54, 1.807) is 6.07 Å². The van der Waals surface area contributed by atoms with Gasteiger partial charge in [0, 0.05) is 25.2 Å². The number of carbonyl (C=O) groups is 2. The molecule has 24 heavy (non-hydrogen) atoms. The standard InChI is InChI=1S/C15H17BrN4O4/c1-19-9-4-5-15(19,10(14(23)24)6-13(21)22)8-20(7-9)12-3-2-11(16)17-18-12/h2-3,6,9H,4-5,7-8H2,1H3,(H,21,22)(H,23,24). The van der Waals surface area contributed by atoms with Gasteiger partial charge in [0.25, 0.3) is 0 Å². The van der Waals surface area contributed by atoms with E-state index in [2.05, 4.69) is 26.1 Å².